The summed E-state index contributed by atoms with van der Waals surface area (Å²) in [5.41, 5.74) is 2.11. The van der Waals surface area contributed by atoms with Crippen LogP contribution in [0.5, 0.6) is 0 Å². The van der Waals surface area contributed by atoms with Gasteiger partial charge in [0.15, 0.2) is 0 Å². The average Bonchev–Trinajstić information content (AvgIpc) is 3.04. The first-order chi connectivity index (χ1) is 9.70. The minimum absolute atomic E-state index is 0.0503. The summed E-state index contributed by atoms with van der Waals surface area (Å²) in [5, 5.41) is 6.21. The lowest BCUT2D eigenvalue weighted by atomic mass is 10.1. The monoisotopic (exact) mass is 349 g/mol. The van der Waals surface area contributed by atoms with Crippen LogP contribution in [0.3, 0.4) is 0 Å². The van der Waals surface area contributed by atoms with Crippen LogP contribution in [-0.4, -0.2) is 20.5 Å². The minimum Gasteiger partial charge on any atom is -0.287 e. The maximum Gasteiger partial charge on any atom is 0.213 e. The average molecular weight is 350 g/mol. The van der Waals surface area contributed by atoms with Crippen LogP contribution in [0.15, 0.2) is 34.4 Å². The van der Waals surface area contributed by atoms with Gasteiger partial charge in [0.2, 0.25) is 5.78 Å². The van der Waals surface area contributed by atoms with Crippen LogP contribution < -0.4 is 0 Å². The zero-order valence-electron chi connectivity index (χ0n) is 10.8. The molecule has 0 aliphatic carbocycles. The first kappa shape index (κ1) is 13.5. The van der Waals surface area contributed by atoms with Crippen molar-refractivity contribution in [2.45, 2.75) is 19.9 Å². The molecule has 3 rings (SSSR count). The van der Waals surface area contributed by atoms with Crippen LogP contribution in [0.2, 0.25) is 0 Å². The van der Waals surface area contributed by atoms with Gasteiger partial charge in [0, 0.05) is 18.3 Å². The molecule has 4 nitrogen and oxygen atoms in total. The fourth-order valence-corrected chi connectivity index (χ4v) is 3.33. The van der Waals surface area contributed by atoms with Crippen molar-refractivity contribution in [3.8, 4) is 0 Å². The molecule has 0 spiro atoms. The SMILES string of the molecule is CCCn1ncc(Br)c1C(=O)c1cnc2ccsc2c1. The first-order valence-corrected chi connectivity index (χ1v) is 7.97. The fourth-order valence-electron chi connectivity index (χ4n) is 2.08. The van der Waals surface area contributed by atoms with Crippen LogP contribution in [0.25, 0.3) is 10.2 Å². The molecule has 0 aliphatic heterocycles. The number of carbonyl (C=O) groups excluding carboxylic acids is 1. The third-order valence-corrected chi connectivity index (χ3v) is 4.44. The predicted molar refractivity (Wildman–Crippen MR) is 83.3 cm³/mol. The molecular formula is C14H12BrN3OS. The van der Waals surface area contributed by atoms with Crippen molar-refractivity contribution < 1.29 is 4.79 Å². The van der Waals surface area contributed by atoms with Gasteiger partial charge in [0.25, 0.3) is 0 Å². The van der Waals surface area contributed by atoms with Gasteiger partial charge in [-0.15, -0.1) is 11.3 Å². The van der Waals surface area contributed by atoms with E-state index in [-0.39, 0.29) is 5.78 Å². The number of hydrogen-bond acceptors (Lipinski definition) is 4. The molecule has 0 aromatic carbocycles. The molecule has 0 bridgehead atoms. The molecule has 0 saturated carbocycles. The zero-order chi connectivity index (χ0) is 14.1. The Morgan fingerprint density at radius 3 is 3.10 bits per heavy atom. The molecule has 0 N–H and O–H groups in total. The summed E-state index contributed by atoms with van der Waals surface area (Å²) in [4.78, 5) is 17.0. The standard InChI is InChI=1S/C14H12BrN3OS/c1-2-4-18-13(10(15)8-17-18)14(19)9-6-12-11(16-7-9)3-5-20-12/h3,5-8H,2,4H2,1H3. The molecule has 0 atom stereocenters. The maximum atomic E-state index is 12.7. The number of aryl methyl sites for hydroxylation is 1. The van der Waals surface area contributed by atoms with Crippen LogP contribution in [0.1, 0.15) is 29.4 Å². The number of pyridine rings is 1. The summed E-state index contributed by atoms with van der Waals surface area (Å²) in [7, 11) is 0. The van der Waals surface area contributed by atoms with Gasteiger partial charge in [0.1, 0.15) is 5.69 Å². The Morgan fingerprint density at radius 2 is 2.30 bits per heavy atom. The Morgan fingerprint density at radius 1 is 1.45 bits per heavy atom. The van der Waals surface area contributed by atoms with E-state index in [2.05, 4.69) is 32.9 Å². The highest BCUT2D eigenvalue weighted by molar-refractivity contribution is 9.10. The molecule has 102 valence electrons. The summed E-state index contributed by atoms with van der Waals surface area (Å²) in [6.45, 7) is 2.78. The lowest BCUT2D eigenvalue weighted by Crippen LogP contribution is -2.12. The van der Waals surface area contributed by atoms with Crippen molar-refractivity contribution in [1.29, 1.82) is 0 Å². The van der Waals surface area contributed by atoms with E-state index in [4.69, 9.17) is 0 Å². The number of fused-ring (bicyclic) bond motifs is 1. The lowest BCUT2D eigenvalue weighted by Gasteiger charge is -2.06. The van der Waals surface area contributed by atoms with E-state index in [1.807, 2.05) is 17.5 Å². The van der Waals surface area contributed by atoms with Gasteiger partial charge in [0.05, 0.1) is 20.9 Å². The van der Waals surface area contributed by atoms with Crippen molar-refractivity contribution in [2.24, 2.45) is 0 Å². The highest BCUT2D eigenvalue weighted by Crippen LogP contribution is 2.24. The van der Waals surface area contributed by atoms with Gasteiger partial charge in [-0.1, -0.05) is 6.92 Å². The van der Waals surface area contributed by atoms with Crippen molar-refractivity contribution in [3.63, 3.8) is 0 Å². The van der Waals surface area contributed by atoms with E-state index >= 15 is 0 Å². The van der Waals surface area contributed by atoms with E-state index in [1.54, 1.807) is 28.4 Å². The largest absolute Gasteiger partial charge is 0.287 e. The Balaban J connectivity index is 2.05. The number of aromatic nitrogens is 3. The summed E-state index contributed by atoms with van der Waals surface area (Å²) >= 11 is 4.99. The minimum atomic E-state index is -0.0503. The van der Waals surface area contributed by atoms with Gasteiger partial charge in [-0.25, -0.2) is 0 Å². The molecule has 3 aromatic heterocycles. The van der Waals surface area contributed by atoms with Crippen molar-refractivity contribution >= 4 is 43.3 Å². The Labute approximate surface area is 128 Å². The molecule has 20 heavy (non-hydrogen) atoms. The smallest absolute Gasteiger partial charge is 0.213 e. The second kappa shape index (κ2) is 5.46. The second-order valence-electron chi connectivity index (χ2n) is 4.42. The Bertz CT molecular complexity index is 778. The van der Waals surface area contributed by atoms with Crippen LogP contribution >= 0.6 is 27.3 Å². The summed E-state index contributed by atoms with van der Waals surface area (Å²) in [6, 6.07) is 3.84. The summed E-state index contributed by atoms with van der Waals surface area (Å²) in [5.74, 6) is -0.0503. The zero-order valence-corrected chi connectivity index (χ0v) is 13.2. The molecule has 0 unspecified atom stereocenters. The van der Waals surface area contributed by atoms with Gasteiger partial charge >= 0.3 is 0 Å². The van der Waals surface area contributed by atoms with Crippen molar-refractivity contribution in [2.75, 3.05) is 0 Å². The molecule has 0 saturated heterocycles. The number of thiophene rings is 1. The lowest BCUT2D eigenvalue weighted by molar-refractivity contribution is 0.102. The van der Waals surface area contributed by atoms with Crippen LogP contribution in [-0.2, 0) is 6.54 Å². The molecular weight excluding hydrogens is 338 g/mol. The van der Waals surface area contributed by atoms with Crippen molar-refractivity contribution in [3.05, 3.63) is 45.6 Å². The van der Waals surface area contributed by atoms with E-state index < -0.39 is 0 Å². The van der Waals surface area contributed by atoms with Crippen LogP contribution in [0, 0.1) is 0 Å². The number of ketones is 1. The quantitative estimate of drug-likeness (QED) is 0.671. The third kappa shape index (κ3) is 2.29. The predicted octanol–water partition coefficient (Wildman–Crippen LogP) is 3.90. The van der Waals surface area contributed by atoms with Gasteiger partial charge in [-0.2, -0.15) is 5.10 Å². The number of halogens is 1. The summed E-state index contributed by atoms with van der Waals surface area (Å²) in [6.07, 6.45) is 4.23. The molecule has 0 radical (unpaired) electrons. The molecule has 3 aromatic rings. The topological polar surface area (TPSA) is 47.8 Å². The van der Waals surface area contributed by atoms with E-state index in [9.17, 15) is 4.79 Å². The second-order valence-corrected chi connectivity index (χ2v) is 6.22. The molecule has 6 heteroatoms. The third-order valence-electron chi connectivity index (χ3n) is 3.01. The van der Waals surface area contributed by atoms with Crippen LogP contribution in [0.4, 0.5) is 0 Å². The van der Waals surface area contributed by atoms with E-state index in [1.165, 1.54) is 0 Å². The first-order valence-electron chi connectivity index (χ1n) is 6.30. The van der Waals surface area contributed by atoms with Gasteiger partial charge in [-0.3, -0.25) is 14.5 Å². The summed E-state index contributed by atoms with van der Waals surface area (Å²) < 4.78 is 3.49. The van der Waals surface area contributed by atoms with E-state index in [0.717, 1.165) is 27.7 Å². The van der Waals surface area contributed by atoms with Gasteiger partial charge < -0.3 is 0 Å². The highest BCUT2D eigenvalue weighted by atomic mass is 79.9. The molecule has 0 aliphatic rings. The normalized spacial score (nSPS) is 11.1. The fraction of sp³-hybridized carbons (Fsp3) is 0.214. The molecule has 0 fully saturated rings. The number of hydrogen-bond donors (Lipinski definition) is 0. The van der Waals surface area contributed by atoms with Gasteiger partial charge in [-0.05, 0) is 39.9 Å². The Kier molecular flexibility index (Phi) is 3.67. The Hall–Kier alpha value is -1.53. The van der Waals surface area contributed by atoms with E-state index in [0.29, 0.717) is 11.3 Å². The number of nitrogens with zero attached hydrogens (tertiary/aromatic N) is 3. The number of carbonyl (C=O) groups is 1. The molecule has 0 amide bonds. The van der Waals surface area contributed by atoms with Crippen molar-refractivity contribution in [1.82, 2.24) is 14.8 Å². The maximum absolute atomic E-state index is 12.7. The number of rotatable bonds is 4. The molecule has 3 heterocycles. The highest BCUT2D eigenvalue weighted by Gasteiger charge is 2.19.